The molecule has 112 valence electrons. The van der Waals surface area contributed by atoms with E-state index in [2.05, 4.69) is 10.3 Å². The van der Waals surface area contributed by atoms with Gasteiger partial charge in [0.2, 0.25) is 0 Å². The monoisotopic (exact) mass is 307 g/mol. The second-order valence-electron chi connectivity index (χ2n) is 5.33. The van der Waals surface area contributed by atoms with Gasteiger partial charge in [-0.25, -0.2) is 10.2 Å². The Bertz CT molecular complexity index is 664. The predicted octanol–water partition coefficient (Wildman–Crippen LogP) is 2.63. The molecule has 0 saturated carbocycles. The third kappa shape index (κ3) is 2.79. The SMILES string of the molecule is NNC(=O)c1sc2cccc(F)c2c1CN1CCCCC1. The lowest BCUT2D eigenvalue weighted by atomic mass is 10.1. The maximum Gasteiger partial charge on any atom is 0.275 e. The second-order valence-corrected chi connectivity index (χ2v) is 6.39. The number of likely N-dealkylation sites (tertiary alicyclic amines) is 1. The van der Waals surface area contributed by atoms with E-state index in [1.54, 1.807) is 6.07 Å². The van der Waals surface area contributed by atoms with Crippen molar-refractivity contribution in [3.05, 3.63) is 34.5 Å². The van der Waals surface area contributed by atoms with Crippen LogP contribution in [0.2, 0.25) is 0 Å². The molecule has 0 bridgehead atoms. The number of piperidine rings is 1. The number of nitrogens with zero attached hydrogens (tertiary/aromatic N) is 1. The van der Waals surface area contributed by atoms with Crippen LogP contribution in [-0.2, 0) is 6.54 Å². The lowest BCUT2D eigenvalue weighted by Crippen LogP contribution is -2.32. The molecule has 0 atom stereocenters. The van der Waals surface area contributed by atoms with E-state index < -0.39 is 0 Å². The van der Waals surface area contributed by atoms with E-state index >= 15 is 0 Å². The third-order valence-electron chi connectivity index (χ3n) is 3.93. The third-order valence-corrected chi connectivity index (χ3v) is 5.13. The van der Waals surface area contributed by atoms with Gasteiger partial charge in [0, 0.05) is 22.2 Å². The molecular formula is C15H18FN3OS. The zero-order valence-corrected chi connectivity index (χ0v) is 12.5. The van der Waals surface area contributed by atoms with Crippen LogP contribution < -0.4 is 11.3 Å². The number of rotatable bonds is 3. The molecule has 3 N–H and O–H groups in total. The number of nitrogen functional groups attached to an aromatic ring is 1. The summed E-state index contributed by atoms with van der Waals surface area (Å²) < 4.78 is 15.0. The van der Waals surface area contributed by atoms with Crippen molar-refractivity contribution >= 4 is 27.3 Å². The number of carbonyl (C=O) groups is 1. The summed E-state index contributed by atoms with van der Waals surface area (Å²) in [5.41, 5.74) is 2.93. The van der Waals surface area contributed by atoms with Crippen LogP contribution >= 0.6 is 11.3 Å². The van der Waals surface area contributed by atoms with E-state index in [0.717, 1.165) is 36.2 Å². The van der Waals surface area contributed by atoms with Crippen LogP contribution in [0.5, 0.6) is 0 Å². The summed E-state index contributed by atoms with van der Waals surface area (Å²) >= 11 is 1.30. The first kappa shape index (κ1) is 14.4. The number of hydrogen-bond donors (Lipinski definition) is 2. The summed E-state index contributed by atoms with van der Waals surface area (Å²) in [6.45, 7) is 2.59. The van der Waals surface area contributed by atoms with Crippen LogP contribution in [0.25, 0.3) is 10.1 Å². The number of fused-ring (bicyclic) bond motifs is 1. The fourth-order valence-corrected chi connectivity index (χ4v) is 4.04. The van der Waals surface area contributed by atoms with Gasteiger partial charge in [0.15, 0.2) is 0 Å². The van der Waals surface area contributed by atoms with Crippen molar-refractivity contribution in [1.29, 1.82) is 0 Å². The minimum absolute atomic E-state index is 0.271. The number of benzene rings is 1. The average molecular weight is 307 g/mol. The van der Waals surface area contributed by atoms with Crippen molar-refractivity contribution in [1.82, 2.24) is 10.3 Å². The zero-order valence-electron chi connectivity index (χ0n) is 11.7. The van der Waals surface area contributed by atoms with Crippen LogP contribution in [0.15, 0.2) is 18.2 Å². The van der Waals surface area contributed by atoms with Gasteiger partial charge < -0.3 is 0 Å². The van der Waals surface area contributed by atoms with Crippen molar-refractivity contribution in [2.75, 3.05) is 13.1 Å². The standard InChI is InChI=1S/C15H18FN3OS/c16-11-5-4-6-12-13(11)10(14(21-12)15(20)18-17)9-19-7-2-1-3-8-19/h4-6H,1-3,7-9,17H2,(H,18,20). The Labute approximate surface area is 126 Å². The Morgan fingerprint density at radius 2 is 2.10 bits per heavy atom. The van der Waals surface area contributed by atoms with Gasteiger partial charge in [-0.15, -0.1) is 11.3 Å². The number of nitrogens with one attached hydrogen (secondary N) is 1. The number of amides is 1. The number of hydrazine groups is 1. The van der Waals surface area contributed by atoms with Crippen molar-refractivity contribution in [2.24, 2.45) is 5.84 Å². The highest BCUT2D eigenvalue weighted by atomic mass is 32.1. The van der Waals surface area contributed by atoms with Gasteiger partial charge in [-0.3, -0.25) is 15.1 Å². The van der Waals surface area contributed by atoms with Crippen molar-refractivity contribution in [2.45, 2.75) is 25.8 Å². The molecule has 0 radical (unpaired) electrons. The van der Waals surface area contributed by atoms with E-state index in [0.29, 0.717) is 16.8 Å². The Morgan fingerprint density at radius 1 is 1.33 bits per heavy atom. The number of thiophene rings is 1. The number of hydrogen-bond acceptors (Lipinski definition) is 4. The largest absolute Gasteiger partial charge is 0.299 e. The summed E-state index contributed by atoms with van der Waals surface area (Å²) in [6, 6.07) is 4.96. The first-order chi connectivity index (χ1) is 10.2. The molecule has 2 aromatic rings. The fraction of sp³-hybridized carbons (Fsp3) is 0.400. The summed E-state index contributed by atoms with van der Waals surface area (Å²) in [7, 11) is 0. The maximum atomic E-state index is 14.2. The van der Waals surface area contributed by atoms with E-state index in [4.69, 9.17) is 5.84 Å². The molecule has 0 aliphatic carbocycles. The van der Waals surface area contributed by atoms with Gasteiger partial charge in [0.25, 0.3) is 5.91 Å². The molecule has 6 heteroatoms. The molecule has 1 amide bonds. The van der Waals surface area contributed by atoms with Crippen LogP contribution in [-0.4, -0.2) is 23.9 Å². The normalized spacial score (nSPS) is 16.3. The molecule has 0 spiro atoms. The van der Waals surface area contributed by atoms with Gasteiger partial charge in [-0.2, -0.15) is 0 Å². The molecule has 0 unspecified atom stereocenters. The Balaban J connectivity index is 2.05. The van der Waals surface area contributed by atoms with Gasteiger partial charge in [-0.05, 0) is 38.1 Å². The highest BCUT2D eigenvalue weighted by Gasteiger charge is 2.22. The highest BCUT2D eigenvalue weighted by molar-refractivity contribution is 7.21. The molecular weight excluding hydrogens is 289 g/mol. The van der Waals surface area contributed by atoms with Gasteiger partial charge in [-0.1, -0.05) is 12.5 Å². The Morgan fingerprint density at radius 3 is 2.81 bits per heavy atom. The zero-order chi connectivity index (χ0) is 14.8. The molecule has 1 aromatic carbocycles. The lowest BCUT2D eigenvalue weighted by molar-refractivity contribution is 0.0955. The molecule has 1 aliphatic rings. The molecule has 21 heavy (non-hydrogen) atoms. The molecule has 2 heterocycles. The average Bonchev–Trinajstić information content (AvgIpc) is 2.87. The highest BCUT2D eigenvalue weighted by Crippen LogP contribution is 2.34. The number of carbonyl (C=O) groups excluding carboxylic acids is 1. The van der Waals surface area contributed by atoms with Crippen LogP contribution in [0.3, 0.4) is 0 Å². The quantitative estimate of drug-likeness (QED) is 0.521. The number of halogens is 1. The van der Waals surface area contributed by atoms with E-state index in [-0.39, 0.29) is 11.7 Å². The summed E-state index contributed by atoms with van der Waals surface area (Å²) in [6.07, 6.45) is 3.55. The van der Waals surface area contributed by atoms with Crippen molar-refractivity contribution < 1.29 is 9.18 Å². The van der Waals surface area contributed by atoms with Gasteiger partial charge >= 0.3 is 0 Å². The minimum Gasteiger partial charge on any atom is -0.299 e. The van der Waals surface area contributed by atoms with Crippen molar-refractivity contribution in [3.63, 3.8) is 0 Å². The van der Waals surface area contributed by atoms with Gasteiger partial charge in [0.05, 0.1) is 4.88 Å². The summed E-state index contributed by atoms with van der Waals surface area (Å²) in [4.78, 5) is 14.8. The van der Waals surface area contributed by atoms with Crippen LogP contribution in [0.4, 0.5) is 4.39 Å². The molecule has 1 fully saturated rings. The van der Waals surface area contributed by atoms with Crippen molar-refractivity contribution in [3.8, 4) is 0 Å². The minimum atomic E-state index is -0.345. The summed E-state index contributed by atoms with van der Waals surface area (Å²) in [5, 5.41) is 0.562. The van der Waals surface area contributed by atoms with E-state index in [1.807, 2.05) is 6.07 Å². The first-order valence-electron chi connectivity index (χ1n) is 7.14. The fourth-order valence-electron chi connectivity index (χ4n) is 2.91. The van der Waals surface area contributed by atoms with E-state index in [9.17, 15) is 9.18 Å². The maximum absolute atomic E-state index is 14.2. The van der Waals surface area contributed by atoms with E-state index in [1.165, 1.54) is 23.8 Å². The molecule has 4 nitrogen and oxygen atoms in total. The molecule has 1 aliphatic heterocycles. The summed E-state index contributed by atoms with van der Waals surface area (Å²) in [5.74, 6) is 4.65. The van der Waals surface area contributed by atoms with Crippen LogP contribution in [0, 0.1) is 5.82 Å². The van der Waals surface area contributed by atoms with Gasteiger partial charge in [0.1, 0.15) is 5.82 Å². The molecule has 1 saturated heterocycles. The topological polar surface area (TPSA) is 58.4 Å². The Kier molecular flexibility index (Phi) is 4.19. The molecule has 1 aromatic heterocycles. The van der Waals surface area contributed by atoms with Crippen LogP contribution in [0.1, 0.15) is 34.5 Å². The number of nitrogens with two attached hydrogens (primary N) is 1. The smallest absolute Gasteiger partial charge is 0.275 e. The predicted molar refractivity (Wildman–Crippen MR) is 82.6 cm³/mol. The lowest BCUT2D eigenvalue weighted by Gasteiger charge is -2.26. The second kappa shape index (κ2) is 6.09. The molecule has 3 rings (SSSR count). The first-order valence-corrected chi connectivity index (χ1v) is 7.95. The Hall–Kier alpha value is -1.50.